The molecule has 0 saturated carbocycles. The number of nitrogens with one attached hydrogen (secondary N) is 1. The lowest BCUT2D eigenvalue weighted by Gasteiger charge is -1.98. The number of benzene rings is 1. The molecule has 0 saturated heterocycles. The van der Waals surface area contributed by atoms with Crippen molar-refractivity contribution in [2.75, 3.05) is 0 Å². The lowest BCUT2D eigenvalue weighted by Crippen LogP contribution is -2.16. The minimum atomic E-state index is -0.968. The molecule has 0 radical (unpaired) electrons. The Kier molecular flexibility index (Phi) is 5.05. The van der Waals surface area contributed by atoms with Gasteiger partial charge in [-0.3, -0.25) is 4.79 Å². The molecule has 3 rings (SSSR count). The number of carbonyl (C=O) groups excluding carboxylic acids is 1. The molecule has 2 aromatic rings. The third-order valence-corrected chi connectivity index (χ3v) is 5.24. The number of fused-ring (bicyclic) bond motifs is 1. The average molecular weight is 342 g/mol. The largest absolute Gasteiger partial charge is 0.478 e. The van der Waals surface area contributed by atoms with Crippen LogP contribution in [0.15, 0.2) is 35.4 Å². The first-order valence-electron chi connectivity index (χ1n) is 7.92. The molecule has 0 atom stereocenters. The Hall–Kier alpha value is -2.47. The third-order valence-electron chi connectivity index (χ3n) is 4.01. The van der Waals surface area contributed by atoms with E-state index in [1.54, 1.807) is 23.5 Å². The zero-order chi connectivity index (χ0) is 16.9. The lowest BCUT2D eigenvalue weighted by molar-refractivity contribution is 0.0696. The van der Waals surface area contributed by atoms with E-state index in [4.69, 9.17) is 5.11 Å². The van der Waals surface area contributed by atoms with Crippen molar-refractivity contribution >= 4 is 29.4 Å². The van der Waals surface area contributed by atoms with Crippen LogP contribution in [0.25, 0.3) is 0 Å². The summed E-state index contributed by atoms with van der Waals surface area (Å²) in [5.41, 5.74) is 4.78. The van der Waals surface area contributed by atoms with E-state index in [1.165, 1.54) is 48.1 Å². The van der Waals surface area contributed by atoms with Crippen LogP contribution in [-0.4, -0.2) is 23.2 Å². The first-order valence-corrected chi connectivity index (χ1v) is 8.73. The SMILES string of the molecule is O=C(O)c1ccc(/C=N\NC(=O)c2cc3c(s2)CCCCC3)cc1. The van der Waals surface area contributed by atoms with Crippen molar-refractivity contribution in [1.29, 1.82) is 0 Å². The highest BCUT2D eigenvalue weighted by atomic mass is 32.1. The second-order valence-electron chi connectivity index (χ2n) is 5.75. The van der Waals surface area contributed by atoms with Crippen molar-refractivity contribution in [3.05, 3.63) is 56.8 Å². The summed E-state index contributed by atoms with van der Waals surface area (Å²) in [7, 11) is 0. The number of aromatic carboxylic acids is 1. The van der Waals surface area contributed by atoms with E-state index in [0.717, 1.165) is 18.4 Å². The predicted molar refractivity (Wildman–Crippen MR) is 94.0 cm³/mol. The molecule has 1 aliphatic carbocycles. The first-order chi connectivity index (χ1) is 11.6. The van der Waals surface area contributed by atoms with E-state index >= 15 is 0 Å². The normalized spacial score (nSPS) is 14.2. The maximum atomic E-state index is 12.2. The molecule has 1 aromatic carbocycles. The van der Waals surface area contributed by atoms with Crippen molar-refractivity contribution in [3.8, 4) is 0 Å². The number of hydrogen-bond donors (Lipinski definition) is 2. The van der Waals surface area contributed by atoms with Gasteiger partial charge in [-0.05, 0) is 55.0 Å². The second kappa shape index (κ2) is 7.40. The smallest absolute Gasteiger partial charge is 0.335 e. The number of amides is 1. The highest BCUT2D eigenvalue weighted by Crippen LogP contribution is 2.28. The monoisotopic (exact) mass is 342 g/mol. The summed E-state index contributed by atoms with van der Waals surface area (Å²) in [5.74, 6) is -1.17. The van der Waals surface area contributed by atoms with Gasteiger partial charge in [0.25, 0.3) is 5.91 Å². The average Bonchev–Trinajstić information content (AvgIpc) is 2.86. The van der Waals surface area contributed by atoms with Gasteiger partial charge in [0.2, 0.25) is 0 Å². The van der Waals surface area contributed by atoms with Crippen LogP contribution in [0.2, 0.25) is 0 Å². The molecular formula is C18H18N2O3S. The number of aryl methyl sites for hydroxylation is 2. The van der Waals surface area contributed by atoms with Crippen LogP contribution < -0.4 is 5.43 Å². The molecule has 2 N–H and O–H groups in total. The molecule has 0 aliphatic heterocycles. The molecular weight excluding hydrogens is 324 g/mol. The highest BCUT2D eigenvalue weighted by molar-refractivity contribution is 7.14. The quantitative estimate of drug-likeness (QED) is 0.507. The summed E-state index contributed by atoms with van der Waals surface area (Å²) < 4.78 is 0. The number of carboxylic acids is 1. The van der Waals surface area contributed by atoms with Gasteiger partial charge >= 0.3 is 5.97 Å². The van der Waals surface area contributed by atoms with Crippen LogP contribution in [-0.2, 0) is 12.8 Å². The molecule has 0 unspecified atom stereocenters. The van der Waals surface area contributed by atoms with Gasteiger partial charge in [-0.25, -0.2) is 10.2 Å². The summed E-state index contributed by atoms with van der Waals surface area (Å²) in [6.45, 7) is 0. The van der Waals surface area contributed by atoms with Crippen LogP contribution in [0.3, 0.4) is 0 Å². The van der Waals surface area contributed by atoms with Gasteiger partial charge in [-0.15, -0.1) is 11.3 Å². The van der Waals surface area contributed by atoms with E-state index in [9.17, 15) is 9.59 Å². The van der Waals surface area contributed by atoms with Crippen LogP contribution >= 0.6 is 11.3 Å². The van der Waals surface area contributed by atoms with E-state index in [0.29, 0.717) is 4.88 Å². The molecule has 1 aromatic heterocycles. The Bertz CT molecular complexity index is 755. The highest BCUT2D eigenvalue weighted by Gasteiger charge is 2.16. The molecule has 6 heteroatoms. The van der Waals surface area contributed by atoms with Crippen molar-refractivity contribution in [2.45, 2.75) is 32.1 Å². The fraction of sp³-hybridized carbons (Fsp3) is 0.278. The Labute approximate surface area is 144 Å². The zero-order valence-electron chi connectivity index (χ0n) is 13.1. The van der Waals surface area contributed by atoms with E-state index in [1.807, 2.05) is 6.07 Å². The molecule has 1 amide bonds. The summed E-state index contributed by atoms with van der Waals surface area (Å²) in [6.07, 6.45) is 7.26. The van der Waals surface area contributed by atoms with Gasteiger partial charge < -0.3 is 5.11 Å². The third kappa shape index (κ3) is 3.89. The predicted octanol–water partition coefficient (Wildman–Crippen LogP) is 3.48. The summed E-state index contributed by atoms with van der Waals surface area (Å²) in [4.78, 5) is 25.0. The molecule has 1 aliphatic rings. The summed E-state index contributed by atoms with van der Waals surface area (Å²) >= 11 is 1.56. The second-order valence-corrected chi connectivity index (χ2v) is 6.88. The van der Waals surface area contributed by atoms with Crippen LogP contribution in [0.5, 0.6) is 0 Å². The number of nitrogens with zero attached hydrogens (tertiary/aromatic N) is 1. The Morgan fingerprint density at radius 3 is 2.62 bits per heavy atom. The topological polar surface area (TPSA) is 78.8 Å². The van der Waals surface area contributed by atoms with Crippen molar-refractivity contribution in [2.24, 2.45) is 5.10 Å². The maximum Gasteiger partial charge on any atom is 0.335 e. The van der Waals surface area contributed by atoms with E-state index < -0.39 is 5.97 Å². The number of carboxylic acid groups (broad SMARTS) is 1. The number of hydrazone groups is 1. The van der Waals surface area contributed by atoms with Gasteiger partial charge in [0.1, 0.15) is 0 Å². The van der Waals surface area contributed by atoms with E-state index in [2.05, 4.69) is 10.5 Å². The minimum Gasteiger partial charge on any atom is -0.478 e. The molecule has 124 valence electrons. The molecule has 24 heavy (non-hydrogen) atoms. The number of rotatable bonds is 4. The molecule has 1 heterocycles. The van der Waals surface area contributed by atoms with Crippen LogP contribution in [0.4, 0.5) is 0 Å². The lowest BCUT2D eigenvalue weighted by atomic mass is 10.1. The number of thiophene rings is 1. The molecule has 5 nitrogen and oxygen atoms in total. The standard InChI is InChI=1S/C18H18N2O3S/c21-17(16-10-14-4-2-1-3-5-15(14)24-16)20-19-11-12-6-8-13(9-7-12)18(22)23/h6-11H,1-5H2,(H,20,21)(H,22,23)/b19-11-. The van der Waals surface area contributed by atoms with Crippen molar-refractivity contribution in [3.63, 3.8) is 0 Å². The number of carbonyl (C=O) groups is 2. The Morgan fingerprint density at radius 2 is 1.88 bits per heavy atom. The van der Waals surface area contributed by atoms with E-state index in [-0.39, 0.29) is 11.5 Å². The summed E-state index contributed by atoms with van der Waals surface area (Å²) in [6, 6.07) is 8.28. The minimum absolute atomic E-state index is 0.202. The first kappa shape index (κ1) is 16.4. The zero-order valence-corrected chi connectivity index (χ0v) is 13.9. The van der Waals surface area contributed by atoms with Gasteiger partial charge in [-0.2, -0.15) is 5.10 Å². The van der Waals surface area contributed by atoms with Gasteiger partial charge in [0.05, 0.1) is 16.7 Å². The van der Waals surface area contributed by atoms with Gasteiger partial charge in [0, 0.05) is 4.88 Å². The van der Waals surface area contributed by atoms with Gasteiger partial charge in [-0.1, -0.05) is 18.6 Å². The van der Waals surface area contributed by atoms with Crippen molar-refractivity contribution < 1.29 is 14.7 Å². The Balaban J connectivity index is 1.61. The van der Waals surface area contributed by atoms with Crippen LogP contribution in [0, 0.1) is 0 Å². The fourth-order valence-corrected chi connectivity index (χ4v) is 3.86. The molecule has 0 spiro atoms. The van der Waals surface area contributed by atoms with Crippen LogP contribution in [0.1, 0.15) is 55.3 Å². The molecule has 0 bridgehead atoms. The number of hydrogen-bond acceptors (Lipinski definition) is 4. The summed E-state index contributed by atoms with van der Waals surface area (Å²) in [5, 5.41) is 12.8. The maximum absolute atomic E-state index is 12.2. The fourth-order valence-electron chi connectivity index (χ4n) is 2.71. The molecule has 0 fully saturated rings. The van der Waals surface area contributed by atoms with Gasteiger partial charge in [0.15, 0.2) is 0 Å². The van der Waals surface area contributed by atoms with Crippen molar-refractivity contribution in [1.82, 2.24) is 5.43 Å². The Morgan fingerprint density at radius 1 is 1.12 bits per heavy atom.